The van der Waals surface area contributed by atoms with E-state index < -0.39 is 0 Å². The molecule has 76 valence electrons. The molecule has 0 radical (unpaired) electrons. The summed E-state index contributed by atoms with van der Waals surface area (Å²) in [5.74, 6) is 0.632. The lowest BCUT2D eigenvalue weighted by molar-refractivity contribution is -0.141. The van der Waals surface area contributed by atoms with Gasteiger partial charge >= 0.3 is 0 Å². The van der Waals surface area contributed by atoms with Gasteiger partial charge in [0.2, 0.25) is 5.91 Å². The van der Waals surface area contributed by atoms with Gasteiger partial charge in [-0.05, 0) is 18.3 Å². The summed E-state index contributed by atoms with van der Waals surface area (Å²) in [6.45, 7) is 4.47. The summed E-state index contributed by atoms with van der Waals surface area (Å²) in [5.41, 5.74) is 0.496. The second-order valence-electron chi connectivity index (χ2n) is 4.54. The number of carbonyl (C=O) groups is 1. The molecule has 1 fully saturated rings. The Morgan fingerprint density at radius 1 is 1.31 bits per heavy atom. The highest BCUT2D eigenvalue weighted by Gasteiger charge is 2.44. The van der Waals surface area contributed by atoms with Crippen molar-refractivity contribution in [1.82, 2.24) is 4.90 Å². The van der Waals surface area contributed by atoms with Crippen molar-refractivity contribution < 1.29 is 4.79 Å². The molecule has 13 heavy (non-hydrogen) atoms. The topological polar surface area (TPSA) is 20.3 Å². The molecular formula is C11H21NO. The lowest BCUT2D eigenvalue weighted by atomic mass is 9.59. The predicted molar refractivity (Wildman–Crippen MR) is 54.4 cm³/mol. The van der Waals surface area contributed by atoms with Gasteiger partial charge in [-0.15, -0.1) is 0 Å². The summed E-state index contributed by atoms with van der Waals surface area (Å²) in [5, 5.41) is 0. The molecule has 0 spiro atoms. The largest absolute Gasteiger partial charge is 0.349 e. The van der Waals surface area contributed by atoms with Crippen LogP contribution in [0.2, 0.25) is 0 Å². The fourth-order valence-electron chi connectivity index (χ4n) is 2.35. The Bertz CT molecular complexity index is 186. The van der Waals surface area contributed by atoms with Gasteiger partial charge in [-0.1, -0.05) is 26.7 Å². The highest BCUT2D eigenvalue weighted by molar-refractivity contribution is 5.79. The van der Waals surface area contributed by atoms with Crippen molar-refractivity contribution in [3.8, 4) is 0 Å². The van der Waals surface area contributed by atoms with Gasteiger partial charge in [0.1, 0.15) is 0 Å². The van der Waals surface area contributed by atoms with Crippen LogP contribution in [0, 0.1) is 11.3 Å². The summed E-state index contributed by atoms with van der Waals surface area (Å²) >= 11 is 0. The van der Waals surface area contributed by atoms with E-state index in [9.17, 15) is 4.79 Å². The molecule has 2 nitrogen and oxygen atoms in total. The quantitative estimate of drug-likeness (QED) is 0.657. The van der Waals surface area contributed by atoms with Crippen molar-refractivity contribution in [3.63, 3.8) is 0 Å². The number of rotatable bonds is 3. The molecule has 0 aromatic carbocycles. The van der Waals surface area contributed by atoms with Crippen molar-refractivity contribution >= 4 is 5.91 Å². The minimum absolute atomic E-state index is 0.315. The zero-order valence-electron chi connectivity index (χ0n) is 9.26. The molecule has 1 rings (SSSR count). The summed E-state index contributed by atoms with van der Waals surface area (Å²) < 4.78 is 0. The first-order valence-corrected chi connectivity index (χ1v) is 5.26. The molecular weight excluding hydrogens is 162 g/mol. The standard InChI is InChI=1S/C11H21NO/c1-5-11(6-2)7-9(8-11)10(13)12(3)4/h9H,5-8H2,1-4H3. The van der Waals surface area contributed by atoms with Gasteiger partial charge in [0, 0.05) is 20.0 Å². The normalized spacial score (nSPS) is 20.9. The molecule has 0 aliphatic heterocycles. The van der Waals surface area contributed by atoms with E-state index in [1.165, 1.54) is 12.8 Å². The van der Waals surface area contributed by atoms with Crippen LogP contribution in [0.25, 0.3) is 0 Å². The Kier molecular flexibility index (Phi) is 2.99. The predicted octanol–water partition coefficient (Wildman–Crippen LogP) is 2.29. The molecule has 0 atom stereocenters. The first-order valence-electron chi connectivity index (χ1n) is 5.26. The third-order valence-electron chi connectivity index (χ3n) is 3.65. The van der Waals surface area contributed by atoms with Crippen LogP contribution < -0.4 is 0 Å². The summed E-state index contributed by atoms with van der Waals surface area (Å²) in [4.78, 5) is 13.3. The van der Waals surface area contributed by atoms with Crippen LogP contribution in [0.4, 0.5) is 0 Å². The van der Waals surface area contributed by atoms with E-state index in [-0.39, 0.29) is 0 Å². The van der Waals surface area contributed by atoms with Crippen molar-refractivity contribution in [2.45, 2.75) is 39.5 Å². The van der Waals surface area contributed by atoms with Crippen LogP contribution in [0.5, 0.6) is 0 Å². The molecule has 2 heteroatoms. The van der Waals surface area contributed by atoms with Gasteiger partial charge in [-0.25, -0.2) is 0 Å². The zero-order chi connectivity index (χ0) is 10.1. The van der Waals surface area contributed by atoms with E-state index in [4.69, 9.17) is 0 Å². The van der Waals surface area contributed by atoms with Crippen LogP contribution in [-0.4, -0.2) is 24.9 Å². The maximum atomic E-state index is 11.6. The van der Waals surface area contributed by atoms with Gasteiger partial charge in [0.25, 0.3) is 0 Å². The lowest BCUT2D eigenvalue weighted by Crippen LogP contribution is -2.44. The van der Waals surface area contributed by atoms with Crippen LogP contribution in [-0.2, 0) is 4.79 Å². The van der Waals surface area contributed by atoms with Gasteiger partial charge < -0.3 is 4.90 Å². The highest BCUT2D eigenvalue weighted by atomic mass is 16.2. The third kappa shape index (κ3) is 1.87. The molecule has 0 aromatic heterocycles. The molecule has 0 N–H and O–H groups in total. The Labute approximate surface area is 81.3 Å². The molecule has 1 aliphatic rings. The molecule has 0 bridgehead atoms. The molecule has 0 saturated heterocycles. The second kappa shape index (κ2) is 3.69. The highest BCUT2D eigenvalue weighted by Crippen LogP contribution is 2.50. The maximum Gasteiger partial charge on any atom is 0.225 e. The Hall–Kier alpha value is -0.530. The van der Waals surface area contributed by atoms with Crippen molar-refractivity contribution in [1.29, 1.82) is 0 Å². The van der Waals surface area contributed by atoms with Gasteiger partial charge in [0.15, 0.2) is 0 Å². The van der Waals surface area contributed by atoms with Gasteiger partial charge in [0.05, 0.1) is 0 Å². The second-order valence-corrected chi connectivity index (χ2v) is 4.54. The van der Waals surface area contributed by atoms with Crippen molar-refractivity contribution in [2.75, 3.05) is 14.1 Å². The molecule has 0 aromatic rings. The number of amides is 1. The molecule has 1 saturated carbocycles. The number of hydrogen-bond donors (Lipinski definition) is 0. The molecule has 0 heterocycles. The van der Waals surface area contributed by atoms with Crippen LogP contribution in [0.3, 0.4) is 0 Å². The summed E-state index contributed by atoms with van der Waals surface area (Å²) in [6, 6.07) is 0. The van der Waals surface area contributed by atoms with E-state index in [1.807, 2.05) is 14.1 Å². The monoisotopic (exact) mass is 183 g/mol. The smallest absolute Gasteiger partial charge is 0.225 e. The first kappa shape index (κ1) is 10.6. The minimum Gasteiger partial charge on any atom is -0.349 e. The maximum absolute atomic E-state index is 11.6. The van der Waals surface area contributed by atoms with E-state index in [2.05, 4.69) is 13.8 Å². The fraction of sp³-hybridized carbons (Fsp3) is 0.909. The van der Waals surface area contributed by atoms with Crippen molar-refractivity contribution in [3.05, 3.63) is 0 Å². The first-order chi connectivity index (χ1) is 6.04. The lowest BCUT2D eigenvalue weighted by Gasteiger charge is -2.47. The van der Waals surface area contributed by atoms with Crippen LogP contribution in [0.15, 0.2) is 0 Å². The zero-order valence-corrected chi connectivity index (χ0v) is 9.26. The Morgan fingerprint density at radius 2 is 1.77 bits per heavy atom. The van der Waals surface area contributed by atoms with E-state index in [0.29, 0.717) is 17.2 Å². The SMILES string of the molecule is CCC1(CC)CC(C(=O)N(C)C)C1. The molecule has 1 aliphatic carbocycles. The number of nitrogens with zero attached hydrogens (tertiary/aromatic N) is 1. The third-order valence-corrected chi connectivity index (χ3v) is 3.65. The Morgan fingerprint density at radius 3 is 2.08 bits per heavy atom. The molecule has 0 unspecified atom stereocenters. The number of carbonyl (C=O) groups excluding carboxylic acids is 1. The van der Waals surface area contributed by atoms with E-state index >= 15 is 0 Å². The summed E-state index contributed by atoms with van der Waals surface area (Å²) in [6.07, 6.45) is 4.66. The Balaban J connectivity index is 2.44. The minimum atomic E-state index is 0.315. The van der Waals surface area contributed by atoms with Crippen LogP contribution in [0.1, 0.15) is 39.5 Å². The average Bonchev–Trinajstić information content (AvgIpc) is 2.04. The molecule has 1 amide bonds. The number of hydrogen-bond acceptors (Lipinski definition) is 1. The van der Waals surface area contributed by atoms with Crippen LogP contribution >= 0.6 is 0 Å². The van der Waals surface area contributed by atoms with Gasteiger partial charge in [-0.3, -0.25) is 4.79 Å². The van der Waals surface area contributed by atoms with Gasteiger partial charge in [-0.2, -0.15) is 0 Å². The summed E-state index contributed by atoms with van der Waals surface area (Å²) in [7, 11) is 3.69. The van der Waals surface area contributed by atoms with Crippen molar-refractivity contribution in [2.24, 2.45) is 11.3 Å². The fourth-order valence-corrected chi connectivity index (χ4v) is 2.35. The van der Waals surface area contributed by atoms with E-state index in [1.54, 1.807) is 4.90 Å². The van der Waals surface area contributed by atoms with E-state index in [0.717, 1.165) is 12.8 Å². The average molecular weight is 183 g/mol.